The fraction of sp³-hybridized carbons (Fsp3) is 0.133. The number of aryl methyl sites for hydroxylation is 1. The summed E-state index contributed by atoms with van der Waals surface area (Å²) in [6, 6.07) is 10.5. The minimum absolute atomic E-state index is 0.219. The number of anilines is 1. The molecule has 5 heteroatoms. The van der Waals surface area contributed by atoms with Gasteiger partial charge in [0.05, 0.1) is 0 Å². The Labute approximate surface area is 121 Å². The Morgan fingerprint density at radius 2 is 1.90 bits per heavy atom. The normalized spacial score (nSPS) is 11.9. The van der Waals surface area contributed by atoms with Gasteiger partial charge in [0.15, 0.2) is 0 Å². The molecular weight excluding hydrogens is 279 g/mol. The largest absolute Gasteiger partial charge is 0.370 e. The highest BCUT2D eigenvalue weighted by Gasteiger charge is 2.19. The highest BCUT2D eigenvalue weighted by Crippen LogP contribution is 2.23. The molecular formula is C15H14ClFN2O. The van der Waals surface area contributed by atoms with Gasteiger partial charge in [0.1, 0.15) is 11.9 Å². The number of rotatable bonds is 4. The lowest BCUT2D eigenvalue weighted by Gasteiger charge is -2.17. The molecule has 0 aromatic heterocycles. The first kappa shape index (κ1) is 14.3. The van der Waals surface area contributed by atoms with Crippen LogP contribution in [0.4, 0.5) is 10.1 Å². The molecule has 0 fully saturated rings. The molecule has 3 nitrogen and oxygen atoms in total. The summed E-state index contributed by atoms with van der Waals surface area (Å²) in [6.45, 7) is 1.96. The van der Waals surface area contributed by atoms with Gasteiger partial charge in [-0.1, -0.05) is 29.3 Å². The number of primary amides is 1. The van der Waals surface area contributed by atoms with Crippen LogP contribution in [0.3, 0.4) is 0 Å². The van der Waals surface area contributed by atoms with Crippen molar-refractivity contribution in [2.24, 2.45) is 5.73 Å². The number of hydrogen-bond acceptors (Lipinski definition) is 2. The maximum atomic E-state index is 13.4. The highest BCUT2D eigenvalue weighted by molar-refractivity contribution is 6.30. The van der Waals surface area contributed by atoms with Gasteiger partial charge >= 0.3 is 0 Å². The van der Waals surface area contributed by atoms with Crippen LogP contribution in [0.1, 0.15) is 17.2 Å². The average molecular weight is 293 g/mol. The number of benzene rings is 2. The van der Waals surface area contributed by atoms with Gasteiger partial charge in [0.25, 0.3) is 0 Å². The summed E-state index contributed by atoms with van der Waals surface area (Å²) in [5.74, 6) is -1.11. The molecule has 1 amide bonds. The van der Waals surface area contributed by atoms with E-state index in [2.05, 4.69) is 5.32 Å². The number of halogens is 2. The zero-order chi connectivity index (χ0) is 14.7. The molecule has 0 aliphatic heterocycles. The van der Waals surface area contributed by atoms with Crippen molar-refractivity contribution in [1.29, 1.82) is 0 Å². The van der Waals surface area contributed by atoms with Crippen molar-refractivity contribution < 1.29 is 9.18 Å². The highest BCUT2D eigenvalue weighted by atomic mass is 35.5. The maximum Gasteiger partial charge on any atom is 0.244 e. The van der Waals surface area contributed by atoms with Crippen molar-refractivity contribution in [2.75, 3.05) is 5.32 Å². The zero-order valence-corrected chi connectivity index (χ0v) is 11.6. The summed E-state index contributed by atoms with van der Waals surface area (Å²) in [5.41, 5.74) is 7.59. The molecule has 3 N–H and O–H groups in total. The standard InChI is InChI=1S/C15H14ClFN2O/c1-9-2-4-13(5-3-9)19-14(15(18)20)10-6-11(16)8-12(17)7-10/h2-8,14,19H,1H3,(H2,18,20). The number of hydrogen-bond donors (Lipinski definition) is 2. The van der Waals surface area contributed by atoms with Crippen LogP contribution in [0, 0.1) is 12.7 Å². The molecule has 0 spiro atoms. The average Bonchev–Trinajstić information content (AvgIpc) is 2.36. The minimum Gasteiger partial charge on any atom is -0.370 e. The molecule has 2 rings (SSSR count). The number of carbonyl (C=O) groups excluding carboxylic acids is 1. The topological polar surface area (TPSA) is 55.1 Å². The third kappa shape index (κ3) is 3.48. The molecule has 2 aromatic carbocycles. The predicted octanol–water partition coefficient (Wildman–Crippen LogP) is 3.43. The van der Waals surface area contributed by atoms with E-state index in [1.54, 1.807) is 0 Å². The summed E-state index contributed by atoms with van der Waals surface area (Å²) in [4.78, 5) is 11.6. The molecule has 0 aliphatic carbocycles. The molecule has 0 aliphatic rings. The molecule has 20 heavy (non-hydrogen) atoms. The van der Waals surface area contributed by atoms with Crippen LogP contribution in [0.15, 0.2) is 42.5 Å². The van der Waals surface area contributed by atoms with Crippen LogP contribution < -0.4 is 11.1 Å². The van der Waals surface area contributed by atoms with Crippen molar-refractivity contribution in [3.63, 3.8) is 0 Å². The fourth-order valence-electron chi connectivity index (χ4n) is 1.88. The first-order valence-electron chi connectivity index (χ1n) is 6.04. The van der Waals surface area contributed by atoms with Crippen molar-refractivity contribution in [3.05, 3.63) is 64.4 Å². The molecule has 2 aromatic rings. The van der Waals surface area contributed by atoms with E-state index in [4.69, 9.17) is 17.3 Å². The lowest BCUT2D eigenvalue weighted by Crippen LogP contribution is -2.27. The molecule has 0 heterocycles. The summed E-state index contributed by atoms with van der Waals surface area (Å²) in [7, 11) is 0. The number of carbonyl (C=O) groups is 1. The van der Waals surface area contributed by atoms with Gasteiger partial charge in [-0.05, 0) is 42.8 Å². The second kappa shape index (κ2) is 5.92. The first-order chi connectivity index (χ1) is 9.45. The Kier molecular flexibility index (Phi) is 4.25. The minimum atomic E-state index is -0.842. The summed E-state index contributed by atoms with van der Waals surface area (Å²) in [5, 5.41) is 3.20. The van der Waals surface area contributed by atoms with Crippen LogP contribution in [-0.4, -0.2) is 5.91 Å². The van der Waals surface area contributed by atoms with Gasteiger partial charge in [0, 0.05) is 10.7 Å². The zero-order valence-electron chi connectivity index (χ0n) is 10.9. The first-order valence-corrected chi connectivity index (χ1v) is 6.42. The van der Waals surface area contributed by atoms with Gasteiger partial charge in [0.2, 0.25) is 5.91 Å². The lowest BCUT2D eigenvalue weighted by molar-refractivity contribution is -0.118. The van der Waals surface area contributed by atoms with Crippen LogP contribution in [0.5, 0.6) is 0 Å². The van der Waals surface area contributed by atoms with E-state index >= 15 is 0 Å². The monoisotopic (exact) mass is 292 g/mol. The molecule has 0 radical (unpaired) electrons. The molecule has 1 atom stereocenters. The molecule has 1 unspecified atom stereocenters. The van der Waals surface area contributed by atoms with Crippen molar-refractivity contribution >= 4 is 23.2 Å². The third-order valence-electron chi connectivity index (χ3n) is 2.87. The Bertz CT molecular complexity index is 608. The molecule has 0 bridgehead atoms. The summed E-state index contributed by atoms with van der Waals surface area (Å²) >= 11 is 5.80. The van der Waals surface area contributed by atoms with Crippen molar-refractivity contribution in [3.8, 4) is 0 Å². The molecule has 104 valence electrons. The summed E-state index contributed by atoms with van der Waals surface area (Å²) < 4.78 is 13.4. The smallest absolute Gasteiger partial charge is 0.244 e. The van der Waals surface area contributed by atoms with Gasteiger partial charge in [-0.2, -0.15) is 0 Å². The van der Waals surface area contributed by atoms with Crippen LogP contribution in [-0.2, 0) is 4.79 Å². The van der Waals surface area contributed by atoms with E-state index in [0.29, 0.717) is 5.56 Å². The summed E-state index contributed by atoms with van der Waals surface area (Å²) in [6.07, 6.45) is 0. The predicted molar refractivity (Wildman–Crippen MR) is 78.1 cm³/mol. The van der Waals surface area contributed by atoms with E-state index < -0.39 is 17.8 Å². The van der Waals surface area contributed by atoms with E-state index in [0.717, 1.165) is 11.3 Å². The number of amides is 1. The van der Waals surface area contributed by atoms with Gasteiger partial charge in [-0.3, -0.25) is 4.79 Å². The fourth-order valence-corrected chi connectivity index (χ4v) is 2.11. The Hall–Kier alpha value is -2.07. The van der Waals surface area contributed by atoms with Gasteiger partial charge in [-0.15, -0.1) is 0 Å². The van der Waals surface area contributed by atoms with E-state index in [9.17, 15) is 9.18 Å². The number of nitrogens with one attached hydrogen (secondary N) is 1. The van der Waals surface area contributed by atoms with Crippen LogP contribution >= 0.6 is 11.6 Å². The van der Waals surface area contributed by atoms with Gasteiger partial charge < -0.3 is 11.1 Å². The second-order valence-corrected chi connectivity index (χ2v) is 4.98. The quantitative estimate of drug-likeness (QED) is 0.907. The molecule has 0 saturated heterocycles. The lowest BCUT2D eigenvalue weighted by atomic mass is 10.1. The van der Waals surface area contributed by atoms with Gasteiger partial charge in [-0.25, -0.2) is 4.39 Å². The Balaban J connectivity index is 2.31. The SMILES string of the molecule is Cc1ccc(NC(C(N)=O)c2cc(F)cc(Cl)c2)cc1. The Morgan fingerprint density at radius 1 is 1.25 bits per heavy atom. The maximum absolute atomic E-state index is 13.4. The Morgan fingerprint density at radius 3 is 2.45 bits per heavy atom. The van der Waals surface area contributed by atoms with Crippen molar-refractivity contribution in [2.45, 2.75) is 13.0 Å². The molecule has 0 saturated carbocycles. The number of nitrogens with two attached hydrogens (primary N) is 1. The van der Waals surface area contributed by atoms with Crippen molar-refractivity contribution in [1.82, 2.24) is 0 Å². The van der Waals surface area contributed by atoms with E-state index in [1.165, 1.54) is 18.2 Å². The van der Waals surface area contributed by atoms with Crippen LogP contribution in [0.25, 0.3) is 0 Å². The third-order valence-corrected chi connectivity index (χ3v) is 3.08. The van der Waals surface area contributed by atoms with E-state index in [1.807, 2.05) is 31.2 Å². The van der Waals surface area contributed by atoms with E-state index in [-0.39, 0.29) is 5.02 Å². The second-order valence-electron chi connectivity index (χ2n) is 4.55. The van der Waals surface area contributed by atoms with Crippen LogP contribution in [0.2, 0.25) is 5.02 Å².